The van der Waals surface area contributed by atoms with E-state index in [1.165, 1.54) is 6.07 Å². The Bertz CT molecular complexity index is 772. The van der Waals surface area contributed by atoms with Gasteiger partial charge in [-0.15, -0.1) is 0 Å². The highest BCUT2D eigenvalue weighted by molar-refractivity contribution is 5.96. The molecule has 0 bridgehead atoms. The highest BCUT2D eigenvalue weighted by Crippen LogP contribution is 2.27. The Morgan fingerprint density at radius 2 is 1.83 bits per heavy atom. The number of hydrogen-bond acceptors (Lipinski definition) is 2. The van der Waals surface area contributed by atoms with Crippen LogP contribution in [0.4, 0.5) is 20.2 Å². The van der Waals surface area contributed by atoms with Crippen molar-refractivity contribution in [3.63, 3.8) is 0 Å². The Morgan fingerprint density at radius 3 is 2.58 bits per heavy atom. The lowest BCUT2D eigenvalue weighted by atomic mass is 9.89. The Balaban J connectivity index is 1.60. The molecular weight excluding hydrogens is 314 g/mol. The van der Waals surface area contributed by atoms with Crippen LogP contribution in [0.2, 0.25) is 0 Å². The zero-order valence-corrected chi connectivity index (χ0v) is 12.8. The van der Waals surface area contributed by atoms with Crippen LogP contribution >= 0.6 is 0 Å². The van der Waals surface area contributed by atoms with Crippen LogP contribution in [-0.4, -0.2) is 11.8 Å². The maximum atomic E-state index is 13.5. The van der Waals surface area contributed by atoms with Crippen molar-refractivity contribution in [2.45, 2.75) is 19.3 Å². The molecule has 1 aliphatic rings. The van der Waals surface area contributed by atoms with Gasteiger partial charge in [-0.05, 0) is 36.6 Å². The summed E-state index contributed by atoms with van der Waals surface area (Å²) in [6.45, 7) is 0. The molecule has 2 amide bonds. The van der Waals surface area contributed by atoms with Crippen LogP contribution in [0.1, 0.15) is 18.4 Å². The largest absolute Gasteiger partial charge is 0.326 e. The fraction of sp³-hybridized carbons (Fsp3) is 0.222. The van der Waals surface area contributed by atoms with Crippen LogP contribution in [0.5, 0.6) is 0 Å². The number of para-hydroxylation sites is 2. The first-order valence-corrected chi connectivity index (χ1v) is 7.67. The zero-order chi connectivity index (χ0) is 17.1. The van der Waals surface area contributed by atoms with Crippen molar-refractivity contribution >= 4 is 23.2 Å². The minimum Gasteiger partial charge on any atom is -0.326 e. The third-order valence-corrected chi connectivity index (χ3v) is 4.06. The second-order valence-electron chi connectivity index (χ2n) is 5.73. The molecule has 2 N–H and O–H groups in total. The molecule has 0 saturated carbocycles. The Labute approximate surface area is 137 Å². The molecule has 24 heavy (non-hydrogen) atoms. The van der Waals surface area contributed by atoms with Crippen LogP contribution in [0.15, 0.2) is 42.5 Å². The third-order valence-electron chi connectivity index (χ3n) is 4.06. The Morgan fingerprint density at radius 1 is 1.12 bits per heavy atom. The molecule has 124 valence electrons. The molecule has 0 aliphatic carbocycles. The van der Waals surface area contributed by atoms with Crippen LogP contribution in [0, 0.1) is 17.6 Å². The minimum absolute atomic E-state index is 0.00796. The van der Waals surface area contributed by atoms with E-state index in [0.717, 1.165) is 23.4 Å². The first kappa shape index (κ1) is 16.1. The van der Waals surface area contributed by atoms with Gasteiger partial charge >= 0.3 is 0 Å². The highest BCUT2D eigenvalue weighted by atomic mass is 19.1. The number of anilines is 2. The van der Waals surface area contributed by atoms with E-state index in [4.69, 9.17) is 0 Å². The van der Waals surface area contributed by atoms with E-state index in [2.05, 4.69) is 10.6 Å². The van der Waals surface area contributed by atoms with E-state index in [1.807, 2.05) is 24.3 Å². The van der Waals surface area contributed by atoms with Crippen molar-refractivity contribution < 1.29 is 18.4 Å². The van der Waals surface area contributed by atoms with Crippen molar-refractivity contribution in [3.05, 3.63) is 59.7 Å². The molecule has 0 radical (unpaired) electrons. The van der Waals surface area contributed by atoms with Crippen LogP contribution in [0.3, 0.4) is 0 Å². The van der Waals surface area contributed by atoms with E-state index < -0.39 is 23.2 Å². The van der Waals surface area contributed by atoms with Gasteiger partial charge < -0.3 is 10.6 Å². The molecule has 1 atom stereocenters. The smallest absolute Gasteiger partial charge is 0.227 e. The molecule has 2 aromatic rings. The van der Waals surface area contributed by atoms with Gasteiger partial charge in [0.05, 0.1) is 0 Å². The van der Waals surface area contributed by atoms with Crippen molar-refractivity contribution in [3.8, 4) is 0 Å². The predicted octanol–water partition coefficient (Wildman–Crippen LogP) is 3.49. The average molecular weight is 330 g/mol. The first-order chi connectivity index (χ1) is 11.5. The van der Waals surface area contributed by atoms with Crippen molar-refractivity contribution in [2.24, 2.45) is 5.92 Å². The minimum atomic E-state index is -0.826. The van der Waals surface area contributed by atoms with E-state index in [1.54, 1.807) is 0 Å². The lowest BCUT2D eigenvalue weighted by Crippen LogP contribution is -2.30. The second kappa shape index (κ2) is 6.78. The van der Waals surface area contributed by atoms with Crippen molar-refractivity contribution in [2.75, 3.05) is 10.6 Å². The molecular formula is C18H16F2N2O2. The van der Waals surface area contributed by atoms with E-state index in [0.29, 0.717) is 12.8 Å². The highest BCUT2D eigenvalue weighted by Gasteiger charge is 2.26. The van der Waals surface area contributed by atoms with Gasteiger partial charge in [0.25, 0.3) is 0 Å². The quantitative estimate of drug-likeness (QED) is 0.901. The molecule has 6 heteroatoms. The summed E-state index contributed by atoms with van der Waals surface area (Å²) in [5.41, 5.74) is 1.35. The molecule has 0 aromatic heterocycles. The summed E-state index contributed by atoms with van der Waals surface area (Å²) >= 11 is 0. The zero-order valence-electron chi connectivity index (χ0n) is 12.8. The first-order valence-electron chi connectivity index (χ1n) is 7.67. The average Bonchev–Trinajstić information content (AvgIpc) is 2.56. The summed E-state index contributed by atoms with van der Waals surface area (Å²) in [4.78, 5) is 24.0. The Kier molecular flexibility index (Phi) is 4.55. The Hall–Kier alpha value is -2.76. The van der Waals surface area contributed by atoms with Gasteiger partial charge in [-0.2, -0.15) is 0 Å². The van der Waals surface area contributed by atoms with Crippen LogP contribution in [-0.2, 0) is 16.0 Å². The molecule has 0 spiro atoms. The van der Waals surface area contributed by atoms with E-state index >= 15 is 0 Å². The number of fused-ring (bicyclic) bond motifs is 1. The van der Waals surface area contributed by atoms with Gasteiger partial charge in [0.1, 0.15) is 17.3 Å². The molecule has 1 unspecified atom stereocenters. The summed E-state index contributed by atoms with van der Waals surface area (Å²) < 4.78 is 27.0. The summed E-state index contributed by atoms with van der Waals surface area (Å²) in [7, 11) is 0. The van der Waals surface area contributed by atoms with Crippen LogP contribution < -0.4 is 10.6 Å². The topological polar surface area (TPSA) is 58.2 Å². The number of amides is 2. The number of carbonyl (C=O) groups excluding carboxylic acids is 2. The maximum absolute atomic E-state index is 13.5. The van der Waals surface area contributed by atoms with Gasteiger partial charge in [0.15, 0.2) is 0 Å². The maximum Gasteiger partial charge on any atom is 0.227 e. The molecule has 3 rings (SSSR count). The van der Waals surface area contributed by atoms with Crippen molar-refractivity contribution in [1.29, 1.82) is 0 Å². The standard InChI is InChI=1S/C18H16F2N2O2/c19-13-5-3-6-14(20)17(13)22-16(23)9-8-12-10-11-4-1-2-7-15(11)21-18(12)24/h1-7,12H,8-10H2,(H,21,24)(H,22,23). The normalized spacial score (nSPS) is 16.2. The number of benzene rings is 2. The fourth-order valence-corrected chi connectivity index (χ4v) is 2.77. The van der Waals surface area contributed by atoms with E-state index in [-0.39, 0.29) is 18.2 Å². The molecule has 2 aromatic carbocycles. The summed E-state index contributed by atoms with van der Waals surface area (Å²) in [5, 5.41) is 5.04. The number of rotatable bonds is 4. The van der Waals surface area contributed by atoms with Crippen LogP contribution in [0.25, 0.3) is 0 Å². The SMILES string of the molecule is O=C(CCC1Cc2ccccc2NC1=O)Nc1c(F)cccc1F. The molecule has 4 nitrogen and oxygen atoms in total. The molecule has 1 aliphatic heterocycles. The number of carbonyl (C=O) groups is 2. The van der Waals surface area contributed by atoms with Crippen molar-refractivity contribution in [1.82, 2.24) is 0 Å². The summed E-state index contributed by atoms with van der Waals surface area (Å²) in [5.74, 6) is -2.65. The van der Waals surface area contributed by atoms with Gasteiger partial charge in [0.2, 0.25) is 11.8 Å². The fourth-order valence-electron chi connectivity index (χ4n) is 2.77. The summed E-state index contributed by atoms with van der Waals surface area (Å²) in [6, 6.07) is 10.9. The summed E-state index contributed by atoms with van der Waals surface area (Å²) in [6.07, 6.45) is 0.861. The predicted molar refractivity (Wildman–Crippen MR) is 86.5 cm³/mol. The number of hydrogen-bond donors (Lipinski definition) is 2. The third kappa shape index (κ3) is 3.42. The molecule has 1 heterocycles. The van der Waals surface area contributed by atoms with Gasteiger partial charge in [0, 0.05) is 18.0 Å². The lowest BCUT2D eigenvalue weighted by Gasteiger charge is -2.24. The van der Waals surface area contributed by atoms with Gasteiger partial charge in [-0.25, -0.2) is 8.78 Å². The second-order valence-corrected chi connectivity index (χ2v) is 5.73. The van der Waals surface area contributed by atoms with Gasteiger partial charge in [-0.3, -0.25) is 9.59 Å². The number of halogens is 2. The van der Waals surface area contributed by atoms with Gasteiger partial charge in [-0.1, -0.05) is 24.3 Å². The van der Waals surface area contributed by atoms with E-state index in [9.17, 15) is 18.4 Å². The monoisotopic (exact) mass is 330 g/mol. The lowest BCUT2D eigenvalue weighted by molar-refractivity contribution is -0.121. The number of nitrogens with one attached hydrogen (secondary N) is 2. The molecule has 0 fully saturated rings. The molecule has 0 saturated heterocycles.